The Kier molecular flexibility index (Phi) is 31.3. The Hall–Kier alpha value is -3.10. The highest BCUT2D eigenvalue weighted by Crippen LogP contribution is 2.36. The van der Waals surface area contributed by atoms with Crippen molar-refractivity contribution in [3.8, 4) is 0 Å². The minimum Gasteiger partial charge on any atom is -0.445 e. The molecule has 65 heavy (non-hydrogen) atoms. The molecule has 1 aromatic rings. The second-order valence-corrected chi connectivity index (χ2v) is 19.0. The van der Waals surface area contributed by atoms with Gasteiger partial charge < -0.3 is 40.3 Å². The summed E-state index contributed by atoms with van der Waals surface area (Å²) in [4.78, 5) is 56.1. The van der Waals surface area contributed by atoms with Gasteiger partial charge in [-0.1, -0.05) is 206 Å². The summed E-state index contributed by atoms with van der Waals surface area (Å²) in [5, 5.41) is 38.0. The van der Waals surface area contributed by atoms with E-state index in [1.54, 1.807) is 0 Å². The number of unbranched alkanes of at least 4 members (excludes halogenated alkanes) is 23. The molecule has 7 N–H and O–H groups in total. The Morgan fingerprint density at radius 2 is 1.20 bits per heavy atom. The number of nitrogens with one attached hydrogen (secondary N) is 2. The maximum Gasteiger partial charge on any atom is 0.408 e. The van der Waals surface area contributed by atoms with Crippen molar-refractivity contribution in [3.05, 3.63) is 35.9 Å². The van der Waals surface area contributed by atoms with Crippen LogP contribution in [0.25, 0.3) is 0 Å². The lowest BCUT2D eigenvalue weighted by molar-refractivity contribution is -0.291. The summed E-state index contributed by atoms with van der Waals surface area (Å²) in [6, 6.07) is 8.07. The quantitative estimate of drug-likeness (QED) is 0.0274. The second kappa shape index (κ2) is 35.1. The van der Waals surface area contributed by atoms with Crippen LogP contribution in [0.2, 0.25) is 0 Å². The van der Waals surface area contributed by atoms with Gasteiger partial charge >= 0.3 is 6.09 Å². The van der Waals surface area contributed by atoms with Gasteiger partial charge in [-0.15, -0.1) is 0 Å². The molecular formula is C52H92N4O9. The van der Waals surface area contributed by atoms with Crippen molar-refractivity contribution in [1.29, 1.82) is 0 Å². The number of Topliss-reactive ketones (excluding diaryl/α,β-unsaturated/α-hetero) is 1. The van der Waals surface area contributed by atoms with Crippen LogP contribution in [0.4, 0.5) is 4.79 Å². The zero-order valence-corrected chi connectivity index (χ0v) is 41.1. The first kappa shape index (κ1) is 58.0. The van der Waals surface area contributed by atoms with Crippen LogP contribution < -0.4 is 16.4 Å². The van der Waals surface area contributed by atoms with Crippen molar-refractivity contribution in [1.82, 2.24) is 15.5 Å². The number of rotatable bonds is 38. The van der Waals surface area contributed by atoms with E-state index in [2.05, 4.69) is 24.5 Å². The van der Waals surface area contributed by atoms with Crippen LogP contribution in [-0.2, 0) is 30.5 Å². The number of ether oxygens (including phenoxy) is 2. The lowest BCUT2D eigenvalue weighted by Gasteiger charge is -2.52. The number of carbonyl (C=O) groups is 4. The summed E-state index contributed by atoms with van der Waals surface area (Å²) in [5.41, 5.74) is 7.79. The highest BCUT2D eigenvalue weighted by molar-refractivity contribution is 5.92. The van der Waals surface area contributed by atoms with Crippen LogP contribution in [-0.4, -0.2) is 93.8 Å². The molecule has 0 aromatic heterocycles. The molecule has 0 radical (unpaired) electrons. The van der Waals surface area contributed by atoms with E-state index in [0.717, 1.165) is 56.9 Å². The first-order chi connectivity index (χ1) is 31.4. The van der Waals surface area contributed by atoms with E-state index in [4.69, 9.17) is 15.2 Å². The predicted octanol–water partition coefficient (Wildman–Crippen LogP) is 9.37. The molecule has 1 aromatic carbocycles. The van der Waals surface area contributed by atoms with E-state index in [0.29, 0.717) is 12.8 Å². The van der Waals surface area contributed by atoms with E-state index >= 15 is 0 Å². The molecule has 0 aliphatic carbocycles. The molecule has 1 saturated heterocycles. The number of ketones is 1. The summed E-state index contributed by atoms with van der Waals surface area (Å²) in [6.07, 6.45) is 23.3. The smallest absolute Gasteiger partial charge is 0.408 e. The standard InChI is InChI=1S/C52H92N4O9/c1-5-7-9-11-13-15-16-17-18-19-20-21-23-25-27-32-36-56(46(59)35-31-26-24-22-14-12-10-8-6-2)52(53)47(49(61)48(60)45(39-57)65-52)44(58)38-54-50(62)43(37-41(3)4)55-51(63)64-40-42-33-29-28-30-34-42/h28-30,33-34,41,43,45,47-49,57,60-61H,5-27,31-32,35-40,53H2,1-4H3,(H,54,62)(H,55,63)/t43-,45+,47+,48+,49+,52-/m0/s1. The molecule has 3 amide bonds. The van der Waals surface area contributed by atoms with Crippen molar-refractivity contribution < 1.29 is 44.0 Å². The molecule has 1 heterocycles. The zero-order chi connectivity index (χ0) is 47.7. The number of alkyl carbamates (subject to hydrolysis) is 1. The number of nitrogens with zero attached hydrogens (tertiary/aromatic N) is 1. The minimum atomic E-state index is -2.23. The molecule has 1 fully saturated rings. The van der Waals surface area contributed by atoms with Crippen molar-refractivity contribution in [2.75, 3.05) is 19.7 Å². The number of nitrogens with two attached hydrogens (primary N) is 1. The van der Waals surface area contributed by atoms with E-state index < -0.39 is 67.1 Å². The number of aliphatic hydroxyl groups excluding tert-OH is 3. The maximum atomic E-state index is 14.2. The molecule has 0 unspecified atom stereocenters. The van der Waals surface area contributed by atoms with Crippen LogP contribution in [0.15, 0.2) is 30.3 Å². The topological polar surface area (TPSA) is 201 Å². The van der Waals surface area contributed by atoms with Crippen LogP contribution in [0.1, 0.15) is 207 Å². The summed E-state index contributed by atoms with van der Waals surface area (Å²) in [7, 11) is 0. The molecular weight excluding hydrogens is 825 g/mol. The van der Waals surface area contributed by atoms with Crippen LogP contribution >= 0.6 is 0 Å². The van der Waals surface area contributed by atoms with Gasteiger partial charge in [0.05, 0.1) is 19.3 Å². The SMILES string of the molecule is CCCCCCCCCCCCCCCCCCN(C(=O)CCCCCCCCCCC)[C@]1(N)O[C@H](CO)[C@@H](O)[C@H](O)[C@H]1C(=O)CNC(=O)[C@H](CC(C)C)NC(=O)OCc1ccccc1. The Morgan fingerprint density at radius 3 is 1.68 bits per heavy atom. The van der Waals surface area contributed by atoms with Gasteiger partial charge in [-0.25, -0.2) is 4.79 Å². The summed E-state index contributed by atoms with van der Waals surface area (Å²) in [5.74, 6) is -5.67. The summed E-state index contributed by atoms with van der Waals surface area (Å²) >= 11 is 0. The molecule has 0 saturated carbocycles. The van der Waals surface area contributed by atoms with Crippen LogP contribution in [0, 0.1) is 11.8 Å². The molecule has 0 bridgehead atoms. The fourth-order valence-corrected chi connectivity index (χ4v) is 8.90. The van der Waals surface area contributed by atoms with Gasteiger partial charge in [0.15, 0.2) is 5.78 Å². The largest absolute Gasteiger partial charge is 0.445 e. The third kappa shape index (κ3) is 23.5. The monoisotopic (exact) mass is 917 g/mol. The third-order valence-electron chi connectivity index (χ3n) is 12.8. The molecule has 6 atom stereocenters. The van der Waals surface area contributed by atoms with Crippen LogP contribution in [0.5, 0.6) is 0 Å². The van der Waals surface area contributed by atoms with E-state index in [-0.39, 0.29) is 37.8 Å². The summed E-state index contributed by atoms with van der Waals surface area (Å²) < 4.78 is 11.5. The number of hydrogen-bond acceptors (Lipinski definition) is 10. The Bertz CT molecular complexity index is 1420. The third-order valence-corrected chi connectivity index (χ3v) is 12.8. The lowest BCUT2D eigenvalue weighted by Crippen LogP contribution is -2.75. The second-order valence-electron chi connectivity index (χ2n) is 19.0. The van der Waals surface area contributed by atoms with Gasteiger partial charge in [0, 0.05) is 13.0 Å². The zero-order valence-electron chi connectivity index (χ0n) is 41.1. The van der Waals surface area contributed by atoms with Crippen molar-refractivity contribution in [2.24, 2.45) is 17.6 Å². The minimum absolute atomic E-state index is 0.00424. The average molecular weight is 917 g/mol. The number of aliphatic hydroxyl groups is 3. The predicted molar refractivity (Wildman–Crippen MR) is 259 cm³/mol. The number of benzene rings is 1. The molecule has 0 spiro atoms. The highest BCUT2D eigenvalue weighted by Gasteiger charge is 2.58. The van der Waals surface area contributed by atoms with E-state index in [1.807, 2.05) is 44.2 Å². The van der Waals surface area contributed by atoms with Gasteiger partial charge in [0.25, 0.3) is 0 Å². The van der Waals surface area contributed by atoms with Gasteiger partial charge in [0.2, 0.25) is 17.7 Å². The fraction of sp³-hybridized carbons (Fsp3) is 0.808. The molecule has 2 rings (SSSR count). The van der Waals surface area contributed by atoms with E-state index in [9.17, 15) is 34.5 Å². The Labute approximate surface area is 393 Å². The van der Waals surface area contributed by atoms with Crippen molar-refractivity contribution in [3.63, 3.8) is 0 Å². The highest BCUT2D eigenvalue weighted by atomic mass is 16.6. The Morgan fingerprint density at radius 1 is 0.723 bits per heavy atom. The van der Waals surface area contributed by atoms with Crippen molar-refractivity contribution >= 4 is 23.7 Å². The van der Waals surface area contributed by atoms with Crippen LogP contribution in [0.3, 0.4) is 0 Å². The first-order valence-electron chi connectivity index (χ1n) is 25.9. The number of amides is 3. The molecule has 13 heteroatoms. The van der Waals surface area contributed by atoms with Crippen molar-refractivity contribution in [2.45, 2.75) is 238 Å². The van der Waals surface area contributed by atoms with Gasteiger partial charge in [-0.2, -0.15) is 0 Å². The first-order valence-corrected chi connectivity index (χ1v) is 25.9. The molecule has 374 valence electrons. The maximum absolute atomic E-state index is 14.2. The normalized spacial score (nSPS) is 20.1. The van der Waals surface area contributed by atoms with Gasteiger partial charge in [0.1, 0.15) is 30.8 Å². The summed E-state index contributed by atoms with van der Waals surface area (Å²) in [6.45, 7) is 7.04. The number of hydrogen-bond donors (Lipinski definition) is 6. The number of carbonyl (C=O) groups excluding carboxylic acids is 4. The Balaban J connectivity index is 2.11. The molecule has 13 nitrogen and oxygen atoms in total. The van der Waals surface area contributed by atoms with Gasteiger partial charge in [-0.3, -0.25) is 20.1 Å². The fourth-order valence-electron chi connectivity index (χ4n) is 8.90. The van der Waals surface area contributed by atoms with Gasteiger partial charge in [-0.05, 0) is 30.7 Å². The molecule has 1 aliphatic rings. The van der Waals surface area contributed by atoms with E-state index in [1.165, 1.54) is 101 Å². The molecule has 1 aliphatic heterocycles. The average Bonchev–Trinajstić information content (AvgIpc) is 3.29. The lowest BCUT2D eigenvalue weighted by atomic mass is 9.82.